The molecule has 7 rings (SSSR count). The normalized spacial score (nSPS) is 34.7. The van der Waals surface area contributed by atoms with E-state index in [1.165, 1.54) is 6.42 Å². The summed E-state index contributed by atoms with van der Waals surface area (Å²) >= 11 is 0. The number of aromatic nitrogens is 4. The highest BCUT2D eigenvalue weighted by molar-refractivity contribution is 5.83. The summed E-state index contributed by atoms with van der Waals surface area (Å²) in [4.78, 5) is 27.5. The SMILES string of the molecule is Cc1ncn(C23CC4CC(CC(C(=O)N5CCCN(c6ccccn6)CC5)(C4)C2)C3)n1. The minimum atomic E-state index is -0.204. The van der Waals surface area contributed by atoms with E-state index in [1.54, 1.807) is 0 Å². The molecule has 2 unspecified atom stereocenters. The summed E-state index contributed by atoms with van der Waals surface area (Å²) < 4.78 is 2.13. The zero-order chi connectivity index (χ0) is 21.1. The number of hydrogen-bond donors (Lipinski definition) is 0. The summed E-state index contributed by atoms with van der Waals surface area (Å²) in [6, 6.07) is 6.06. The summed E-state index contributed by atoms with van der Waals surface area (Å²) in [5.74, 6) is 3.55. The molecule has 7 nitrogen and oxygen atoms in total. The van der Waals surface area contributed by atoms with Gasteiger partial charge in [-0.15, -0.1) is 0 Å². The van der Waals surface area contributed by atoms with Crippen molar-refractivity contribution in [1.29, 1.82) is 0 Å². The van der Waals surface area contributed by atoms with E-state index in [1.807, 2.05) is 31.6 Å². The monoisotopic (exact) mass is 420 g/mol. The highest BCUT2D eigenvalue weighted by Gasteiger charge is 2.62. The maximum Gasteiger partial charge on any atom is 0.228 e. The van der Waals surface area contributed by atoms with Gasteiger partial charge in [0.25, 0.3) is 0 Å². The summed E-state index contributed by atoms with van der Waals surface area (Å²) in [5, 5.41) is 4.73. The van der Waals surface area contributed by atoms with E-state index in [-0.39, 0.29) is 11.0 Å². The maximum absolute atomic E-state index is 14.1. The van der Waals surface area contributed by atoms with E-state index in [0.29, 0.717) is 17.7 Å². The number of amides is 1. The minimum Gasteiger partial charge on any atom is -0.355 e. The van der Waals surface area contributed by atoms with Crippen molar-refractivity contribution in [1.82, 2.24) is 24.6 Å². The molecule has 31 heavy (non-hydrogen) atoms. The second-order valence-electron chi connectivity index (χ2n) is 10.5. The fourth-order valence-corrected chi connectivity index (χ4v) is 7.53. The Bertz CT molecular complexity index is 957. The molecule has 0 aromatic carbocycles. The quantitative estimate of drug-likeness (QED) is 0.764. The molecule has 2 aromatic heterocycles. The van der Waals surface area contributed by atoms with Crippen LogP contribution in [0.15, 0.2) is 30.7 Å². The zero-order valence-corrected chi connectivity index (χ0v) is 18.4. The summed E-state index contributed by atoms with van der Waals surface area (Å²) in [5.41, 5.74) is -0.211. The van der Waals surface area contributed by atoms with Gasteiger partial charge in [-0.2, -0.15) is 5.10 Å². The van der Waals surface area contributed by atoms with Gasteiger partial charge in [-0.1, -0.05) is 6.07 Å². The van der Waals surface area contributed by atoms with Crippen LogP contribution in [0.5, 0.6) is 0 Å². The number of pyridine rings is 1. The highest BCUT2D eigenvalue weighted by atomic mass is 16.2. The van der Waals surface area contributed by atoms with Crippen molar-refractivity contribution in [3.8, 4) is 0 Å². The second kappa shape index (κ2) is 7.04. The van der Waals surface area contributed by atoms with Crippen molar-refractivity contribution in [3.05, 3.63) is 36.5 Å². The predicted octanol–water partition coefficient (Wildman–Crippen LogP) is 3.02. The van der Waals surface area contributed by atoms with Crippen LogP contribution in [-0.4, -0.2) is 56.7 Å². The molecule has 0 radical (unpaired) electrons. The molecule has 4 bridgehead atoms. The van der Waals surface area contributed by atoms with Crippen LogP contribution in [0.2, 0.25) is 0 Å². The van der Waals surface area contributed by atoms with Crippen LogP contribution in [0, 0.1) is 24.2 Å². The Balaban J connectivity index is 1.24. The van der Waals surface area contributed by atoms with Gasteiger partial charge in [0.2, 0.25) is 5.91 Å². The lowest BCUT2D eigenvalue weighted by atomic mass is 9.46. The third kappa shape index (κ3) is 3.15. The van der Waals surface area contributed by atoms with Crippen molar-refractivity contribution < 1.29 is 4.79 Å². The Morgan fingerprint density at radius 2 is 1.87 bits per heavy atom. The third-order valence-electron chi connectivity index (χ3n) is 8.33. The smallest absolute Gasteiger partial charge is 0.228 e. The highest BCUT2D eigenvalue weighted by Crippen LogP contribution is 2.64. The molecule has 7 heteroatoms. The Morgan fingerprint density at radius 1 is 1.03 bits per heavy atom. The zero-order valence-electron chi connectivity index (χ0n) is 18.4. The van der Waals surface area contributed by atoms with Gasteiger partial charge in [-0.05, 0) is 75.8 Å². The van der Waals surface area contributed by atoms with Crippen LogP contribution in [0.1, 0.15) is 50.8 Å². The van der Waals surface area contributed by atoms with E-state index in [4.69, 9.17) is 5.10 Å². The molecule has 4 aliphatic carbocycles. The first-order valence-electron chi connectivity index (χ1n) is 11.9. The Kier molecular flexibility index (Phi) is 4.37. The van der Waals surface area contributed by atoms with Crippen LogP contribution >= 0.6 is 0 Å². The first-order valence-corrected chi connectivity index (χ1v) is 11.9. The first-order chi connectivity index (χ1) is 15.1. The third-order valence-corrected chi connectivity index (χ3v) is 8.33. The molecule has 1 amide bonds. The van der Waals surface area contributed by atoms with E-state index in [0.717, 1.165) is 76.3 Å². The topological polar surface area (TPSA) is 67.2 Å². The molecule has 3 heterocycles. The molecule has 164 valence electrons. The number of anilines is 1. The second-order valence-corrected chi connectivity index (χ2v) is 10.5. The largest absolute Gasteiger partial charge is 0.355 e. The molecule has 1 aliphatic heterocycles. The summed E-state index contributed by atoms with van der Waals surface area (Å²) in [6.07, 6.45) is 11.5. The molecule has 2 aromatic rings. The van der Waals surface area contributed by atoms with Gasteiger partial charge in [0.1, 0.15) is 18.0 Å². The lowest BCUT2D eigenvalue weighted by Gasteiger charge is -2.61. The van der Waals surface area contributed by atoms with Crippen molar-refractivity contribution >= 4 is 11.7 Å². The molecule has 1 saturated heterocycles. The van der Waals surface area contributed by atoms with Crippen molar-refractivity contribution in [2.45, 2.75) is 57.4 Å². The van der Waals surface area contributed by atoms with Crippen LogP contribution in [-0.2, 0) is 10.3 Å². The van der Waals surface area contributed by atoms with Crippen molar-refractivity contribution in [2.75, 3.05) is 31.1 Å². The number of nitrogens with zero attached hydrogens (tertiary/aromatic N) is 6. The molecule has 5 aliphatic rings. The summed E-state index contributed by atoms with van der Waals surface area (Å²) in [7, 11) is 0. The Labute approximate surface area is 183 Å². The molecule has 0 N–H and O–H groups in total. The standard InChI is InChI=1S/C24H32N6O/c1-18-26-17-30(27-18)24-14-19-11-20(15-24)13-23(12-19,16-24)22(31)29-8-4-7-28(9-10-29)21-5-2-3-6-25-21/h2-3,5-6,17,19-20H,4,7-16H2,1H3. The van der Waals surface area contributed by atoms with Gasteiger partial charge in [-0.3, -0.25) is 4.79 Å². The van der Waals surface area contributed by atoms with Crippen LogP contribution in [0.3, 0.4) is 0 Å². The number of carbonyl (C=O) groups is 1. The van der Waals surface area contributed by atoms with Crippen molar-refractivity contribution in [3.63, 3.8) is 0 Å². The lowest BCUT2D eigenvalue weighted by molar-refractivity contribution is -0.166. The van der Waals surface area contributed by atoms with E-state index >= 15 is 0 Å². The average molecular weight is 421 g/mol. The lowest BCUT2D eigenvalue weighted by Crippen LogP contribution is -2.61. The van der Waals surface area contributed by atoms with Crippen molar-refractivity contribution in [2.24, 2.45) is 17.3 Å². The number of aryl methyl sites for hydroxylation is 1. The van der Waals surface area contributed by atoms with Crippen LogP contribution < -0.4 is 4.90 Å². The van der Waals surface area contributed by atoms with E-state index in [2.05, 4.69) is 30.5 Å². The van der Waals surface area contributed by atoms with Gasteiger partial charge < -0.3 is 9.80 Å². The Hall–Kier alpha value is -2.44. The Morgan fingerprint density at radius 3 is 2.58 bits per heavy atom. The van der Waals surface area contributed by atoms with Gasteiger partial charge >= 0.3 is 0 Å². The molecular formula is C24H32N6O. The fourth-order valence-electron chi connectivity index (χ4n) is 7.53. The van der Waals surface area contributed by atoms with Crippen LogP contribution in [0.4, 0.5) is 5.82 Å². The molecule has 0 spiro atoms. The average Bonchev–Trinajstić information content (AvgIpc) is 3.06. The van der Waals surface area contributed by atoms with Gasteiger partial charge in [0, 0.05) is 32.4 Å². The predicted molar refractivity (Wildman–Crippen MR) is 117 cm³/mol. The van der Waals surface area contributed by atoms with E-state index < -0.39 is 0 Å². The van der Waals surface area contributed by atoms with Gasteiger partial charge in [-0.25, -0.2) is 14.6 Å². The number of hydrogen-bond acceptors (Lipinski definition) is 5. The van der Waals surface area contributed by atoms with Gasteiger partial charge in [0.15, 0.2) is 0 Å². The first kappa shape index (κ1) is 19.3. The molecular weight excluding hydrogens is 388 g/mol. The van der Waals surface area contributed by atoms with Gasteiger partial charge in [0.05, 0.1) is 11.0 Å². The maximum atomic E-state index is 14.1. The molecule has 5 fully saturated rings. The number of rotatable bonds is 3. The van der Waals surface area contributed by atoms with Crippen LogP contribution in [0.25, 0.3) is 0 Å². The molecule has 4 saturated carbocycles. The summed E-state index contributed by atoms with van der Waals surface area (Å²) in [6.45, 7) is 5.43. The number of carbonyl (C=O) groups excluding carboxylic acids is 1. The fraction of sp³-hybridized carbons (Fsp3) is 0.667. The molecule has 2 atom stereocenters. The minimum absolute atomic E-state index is 0.00710. The van der Waals surface area contributed by atoms with E-state index in [9.17, 15) is 4.79 Å².